The summed E-state index contributed by atoms with van der Waals surface area (Å²) in [5, 5.41) is 0. The highest BCUT2D eigenvalue weighted by Gasteiger charge is 1.93. The summed E-state index contributed by atoms with van der Waals surface area (Å²) in [5.41, 5.74) is 0. The molecule has 0 saturated carbocycles. The van der Waals surface area contributed by atoms with Crippen molar-refractivity contribution in [2.24, 2.45) is 0 Å². The Kier molecular flexibility index (Phi) is 0.549. The zero-order valence-electron chi connectivity index (χ0n) is 9.89. The summed E-state index contributed by atoms with van der Waals surface area (Å²) in [6, 6.07) is 0. The van der Waals surface area contributed by atoms with E-state index in [0.29, 0.717) is 0 Å². The summed E-state index contributed by atoms with van der Waals surface area (Å²) in [6.45, 7) is -4.68. The third kappa shape index (κ3) is 5.47. The van der Waals surface area contributed by atoms with E-state index in [1.54, 1.807) is 0 Å². The lowest BCUT2D eigenvalue weighted by Crippen LogP contribution is -2.06. The van der Waals surface area contributed by atoms with Crippen LogP contribution in [0, 0.1) is 0 Å². The fourth-order valence-electron chi connectivity index (χ4n) is 0.166. The molecule has 0 aromatic rings. The highest BCUT2D eigenvalue weighted by molar-refractivity contribution is 5.66. The molecule has 7 heavy (non-hydrogen) atoms. The van der Waals surface area contributed by atoms with Crippen LogP contribution in [0.3, 0.4) is 0 Å². The standard InChI is InChI=1S/C5H10O2/c1-4(2)7-5(3)6/h4H,1-3H3/i1D3,2D3. The van der Waals surface area contributed by atoms with Crippen molar-refractivity contribution >= 4 is 5.97 Å². The predicted molar refractivity (Wildman–Crippen MR) is 26.9 cm³/mol. The van der Waals surface area contributed by atoms with E-state index in [9.17, 15) is 4.79 Å². The van der Waals surface area contributed by atoms with E-state index in [2.05, 4.69) is 4.74 Å². The van der Waals surface area contributed by atoms with Crippen LogP contribution in [0.4, 0.5) is 0 Å². The van der Waals surface area contributed by atoms with Crippen LogP contribution in [-0.4, -0.2) is 12.1 Å². The van der Waals surface area contributed by atoms with Gasteiger partial charge in [-0.05, 0) is 13.7 Å². The van der Waals surface area contributed by atoms with Gasteiger partial charge in [0.05, 0.1) is 6.10 Å². The van der Waals surface area contributed by atoms with Crippen molar-refractivity contribution in [3.63, 3.8) is 0 Å². The smallest absolute Gasteiger partial charge is 0.302 e. The molecule has 0 saturated heterocycles. The molecular formula is C5H10O2. The molecule has 0 amide bonds. The van der Waals surface area contributed by atoms with Crippen LogP contribution in [-0.2, 0) is 9.53 Å². The van der Waals surface area contributed by atoms with E-state index in [0.717, 1.165) is 6.92 Å². The SMILES string of the molecule is [2H]C([2H])([2H])C(OC(C)=O)C([2H])([2H])[2H]. The van der Waals surface area contributed by atoms with E-state index in [4.69, 9.17) is 8.22 Å². The van der Waals surface area contributed by atoms with Gasteiger partial charge in [-0.2, -0.15) is 0 Å². The van der Waals surface area contributed by atoms with E-state index >= 15 is 0 Å². The first-order chi connectivity index (χ1) is 5.55. The maximum absolute atomic E-state index is 10.4. The molecule has 0 heterocycles. The number of hydrogen-bond donors (Lipinski definition) is 0. The average Bonchev–Trinajstić information content (AvgIpc) is 1.77. The lowest BCUT2D eigenvalue weighted by atomic mass is 10.5. The molecule has 42 valence electrons. The van der Waals surface area contributed by atoms with Crippen LogP contribution < -0.4 is 0 Å². The quantitative estimate of drug-likeness (QED) is 0.467. The lowest BCUT2D eigenvalue weighted by Gasteiger charge is -2.01. The molecule has 0 N–H and O–H groups in total. The maximum atomic E-state index is 10.4. The first kappa shape index (κ1) is 1.47. The molecule has 0 fully saturated rings. The Balaban J connectivity index is 4.68. The van der Waals surface area contributed by atoms with Crippen LogP contribution in [0.25, 0.3) is 0 Å². The number of hydrogen-bond acceptors (Lipinski definition) is 2. The van der Waals surface area contributed by atoms with Gasteiger partial charge in [-0.3, -0.25) is 4.79 Å². The minimum Gasteiger partial charge on any atom is -0.463 e. The first-order valence-electron chi connectivity index (χ1n) is 4.72. The molecule has 0 bridgehead atoms. The van der Waals surface area contributed by atoms with Crippen molar-refractivity contribution in [3.05, 3.63) is 0 Å². The maximum Gasteiger partial charge on any atom is 0.302 e. The van der Waals surface area contributed by atoms with E-state index in [1.807, 2.05) is 0 Å². The van der Waals surface area contributed by atoms with Crippen molar-refractivity contribution in [1.82, 2.24) is 0 Å². The normalized spacial score (nSPS) is 25.4. The molecule has 0 spiro atoms. The Morgan fingerprint density at radius 2 is 2.43 bits per heavy atom. The summed E-state index contributed by atoms with van der Waals surface area (Å²) in [6.07, 6.45) is -2.04. The Bertz CT molecular complexity index is 178. The molecule has 2 heteroatoms. The molecule has 0 aromatic carbocycles. The van der Waals surface area contributed by atoms with Gasteiger partial charge in [-0.1, -0.05) is 0 Å². The predicted octanol–water partition coefficient (Wildman–Crippen LogP) is 0.958. The zero-order chi connectivity index (χ0) is 10.9. The number of carbonyl (C=O) groups excluding carboxylic acids is 1. The van der Waals surface area contributed by atoms with Crippen LogP contribution in [0.5, 0.6) is 0 Å². The van der Waals surface area contributed by atoms with Crippen molar-refractivity contribution in [1.29, 1.82) is 0 Å². The molecular weight excluding hydrogens is 92.1 g/mol. The highest BCUT2D eigenvalue weighted by Crippen LogP contribution is 1.85. The summed E-state index contributed by atoms with van der Waals surface area (Å²) in [4.78, 5) is 10.4. The summed E-state index contributed by atoms with van der Waals surface area (Å²) in [7, 11) is 0. The van der Waals surface area contributed by atoms with Gasteiger partial charge >= 0.3 is 5.97 Å². The third-order valence-corrected chi connectivity index (χ3v) is 0.284. The van der Waals surface area contributed by atoms with Crippen molar-refractivity contribution in [3.8, 4) is 0 Å². The van der Waals surface area contributed by atoms with Gasteiger partial charge in [-0.25, -0.2) is 0 Å². The van der Waals surface area contributed by atoms with Gasteiger partial charge in [0.15, 0.2) is 0 Å². The average molecular weight is 108 g/mol. The number of rotatable bonds is 1. The first-order valence-corrected chi connectivity index (χ1v) is 1.72. The van der Waals surface area contributed by atoms with Gasteiger partial charge in [0.2, 0.25) is 0 Å². The number of esters is 1. The second-order valence-corrected chi connectivity index (χ2v) is 0.989. The van der Waals surface area contributed by atoms with Crippen LogP contribution >= 0.6 is 0 Å². The van der Waals surface area contributed by atoms with Crippen molar-refractivity contribution in [2.45, 2.75) is 26.7 Å². The topological polar surface area (TPSA) is 26.3 Å². The number of carbonyl (C=O) groups is 1. The molecule has 0 aromatic heterocycles. The van der Waals surface area contributed by atoms with Crippen molar-refractivity contribution in [2.75, 3.05) is 0 Å². The molecule has 2 nitrogen and oxygen atoms in total. The summed E-state index contributed by atoms with van der Waals surface area (Å²) in [5.74, 6) is -0.919. The molecule has 0 aliphatic heterocycles. The lowest BCUT2D eigenvalue weighted by molar-refractivity contribution is -0.144. The van der Waals surface area contributed by atoms with Gasteiger partial charge in [0, 0.05) is 15.1 Å². The van der Waals surface area contributed by atoms with Gasteiger partial charge in [-0.15, -0.1) is 0 Å². The molecule has 0 radical (unpaired) electrons. The van der Waals surface area contributed by atoms with Gasteiger partial charge in [0.1, 0.15) is 0 Å². The Labute approximate surface area is 51.9 Å². The van der Waals surface area contributed by atoms with Crippen LogP contribution in [0.1, 0.15) is 28.9 Å². The second kappa shape index (κ2) is 2.61. The van der Waals surface area contributed by atoms with E-state index in [1.165, 1.54) is 0 Å². The molecule has 0 aliphatic carbocycles. The van der Waals surface area contributed by atoms with Crippen LogP contribution in [0.2, 0.25) is 0 Å². The Morgan fingerprint density at radius 3 is 2.57 bits per heavy atom. The molecule has 0 atom stereocenters. The Hall–Kier alpha value is -0.530. The van der Waals surface area contributed by atoms with Gasteiger partial charge in [0.25, 0.3) is 0 Å². The largest absolute Gasteiger partial charge is 0.463 e. The fraction of sp³-hybridized carbons (Fsp3) is 0.800. The minimum atomic E-state index is -2.82. The molecule has 0 rings (SSSR count). The Morgan fingerprint density at radius 1 is 1.86 bits per heavy atom. The second-order valence-electron chi connectivity index (χ2n) is 0.989. The molecule has 0 aliphatic rings. The zero-order valence-corrected chi connectivity index (χ0v) is 3.89. The van der Waals surface area contributed by atoms with Crippen molar-refractivity contribution < 1.29 is 17.8 Å². The summed E-state index contributed by atoms with van der Waals surface area (Å²) < 4.78 is 45.2. The van der Waals surface area contributed by atoms with E-state index < -0.39 is 25.8 Å². The highest BCUT2D eigenvalue weighted by atomic mass is 16.5. The third-order valence-electron chi connectivity index (χ3n) is 0.284. The summed E-state index contributed by atoms with van der Waals surface area (Å²) >= 11 is 0. The molecule has 0 unspecified atom stereocenters. The van der Waals surface area contributed by atoms with Gasteiger partial charge < -0.3 is 4.74 Å². The van der Waals surface area contributed by atoms with Crippen LogP contribution in [0.15, 0.2) is 0 Å². The minimum absolute atomic E-state index is 0.919. The fourth-order valence-corrected chi connectivity index (χ4v) is 0.166. The monoisotopic (exact) mass is 108 g/mol. The van der Waals surface area contributed by atoms with E-state index in [-0.39, 0.29) is 0 Å². The number of ether oxygens (including phenoxy) is 1.